The van der Waals surface area contributed by atoms with E-state index >= 15 is 0 Å². The molecule has 0 radical (unpaired) electrons. The van der Waals surface area contributed by atoms with E-state index in [0.717, 1.165) is 0 Å². The number of aryl methyl sites for hydroxylation is 1. The van der Waals surface area contributed by atoms with Crippen LogP contribution < -0.4 is 5.32 Å². The van der Waals surface area contributed by atoms with Crippen LogP contribution in [-0.4, -0.2) is 15.7 Å². The number of hydrogen-bond donors (Lipinski definition) is 1. The summed E-state index contributed by atoms with van der Waals surface area (Å²) in [6.45, 7) is 2.61. The van der Waals surface area contributed by atoms with Crippen LogP contribution in [0.15, 0.2) is 42.6 Å². The molecule has 0 spiro atoms. The Morgan fingerprint density at radius 3 is 3.05 bits per heavy atom. The number of rotatable bonds is 4. The zero-order chi connectivity index (χ0) is 13.7. The molecule has 1 aromatic carbocycles. The van der Waals surface area contributed by atoms with Crippen molar-refractivity contribution in [3.8, 4) is 0 Å². The van der Waals surface area contributed by atoms with E-state index in [1.165, 1.54) is 18.2 Å². The Bertz CT molecular complexity index is 604. The first-order valence-corrected chi connectivity index (χ1v) is 5.95. The van der Waals surface area contributed by atoms with Crippen molar-refractivity contribution in [1.29, 1.82) is 0 Å². The molecule has 98 valence electrons. The van der Waals surface area contributed by atoms with Gasteiger partial charge in [0, 0.05) is 18.7 Å². The highest BCUT2D eigenvalue weighted by molar-refractivity contribution is 6.01. The third-order valence-electron chi connectivity index (χ3n) is 2.54. The highest BCUT2D eigenvalue weighted by atomic mass is 19.1. The van der Waals surface area contributed by atoms with Crippen LogP contribution in [0.2, 0.25) is 0 Å². The Balaban J connectivity index is 2.02. The quantitative estimate of drug-likeness (QED) is 0.858. The summed E-state index contributed by atoms with van der Waals surface area (Å²) < 4.78 is 14.6. The Morgan fingerprint density at radius 1 is 1.47 bits per heavy atom. The third-order valence-corrected chi connectivity index (χ3v) is 2.54. The van der Waals surface area contributed by atoms with Crippen molar-refractivity contribution in [3.05, 3.63) is 54.0 Å². The molecule has 0 aliphatic carbocycles. The van der Waals surface area contributed by atoms with Crippen molar-refractivity contribution in [2.75, 3.05) is 5.32 Å². The predicted octanol–water partition coefficient (Wildman–Crippen LogP) is 2.69. The molecule has 0 bridgehead atoms. The molecular weight excluding hydrogens is 245 g/mol. The lowest BCUT2D eigenvalue weighted by atomic mass is 10.2. The Labute approximate surface area is 110 Å². The fourth-order valence-electron chi connectivity index (χ4n) is 1.64. The number of halogens is 1. The number of aromatic nitrogens is 2. The minimum Gasteiger partial charge on any atom is -0.307 e. The van der Waals surface area contributed by atoms with Crippen LogP contribution >= 0.6 is 0 Å². The van der Waals surface area contributed by atoms with Gasteiger partial charge in [-0.15, -0.1) is 0 Å². The van der Waals surface area contributed by atoms with E-state index in [9.17, 15) is 9.18 Å². The van der Waals surface area contributed by atoms with Crippen LogP contribution in [0, 0.1) is 5.82 Å². The summed E-state index contributed by atoms with van der Waals surface area (Å²) in [6.07, 6.45) is 4.54. The second-order valence-electron chi connectivity index (χ2n) is 3.91. The minimum absolute atomic E-state index is 0.278. The van der Waals surface area contributed by atoms with Gasteiger partial charge in [-0.25, -0.2) is 9.07 Å². The van der Waals surface area contributed by atoms with Gasteiger partial charge in [-0.05, 0) is 30.7 Å². The number of benzene rings is 1. The first-order valence-electron chi connectivity index (χ1n) is 5.95. The highest BCUT2D eigenvalue weighted by Gasteiger charge is 2.02. The monoisotopic (exact) mass is 259 g/mol. The predicted molar refractivity (Wildman–Crippen MR) is 72.0 cm³/mol. The van der Waals surface area contributed by atoms with Crippen molar-refractivity contribution < 1.29 is 9.18 Å². The molecule has 1 amide bonds. The van der Waals surface area contributed by atoms with Crippen LogP contribution in [0.3, 0.4) is 0 Å². The zero-order valence-corrected chi connectivity index (χ0v) is 10.5. The van der Waals surface area contributed by atoms with E-state index in [0.29, 0.717) is 17.9 Å². The minimum atomic E-state index is -0.327. The van der Waals surface area contributed by atoms with Gasteiger partial charge in [0.2, 0.25) is 5.91 Å². The van der Waals surface area contributed by atoms with Crippen molar-refractivity contribution in [2.45, 2.75) is 13.5 Å². The van der Waals surface area contributed by atoms with Gasteiger partial charge in [-0.3, -0.25) is 4.79 Å². The molecule has 4 nitrogen and oxygen atoms in total. The molecule has 0 fully saturated rings. The molecular formula is C14H14FN3O. The molecule has 0 unspecified atom stereocenters. The first kappa shape index (κ1) is 13.0. The molecule has 5 heteroatoms. The normalized spacial score (nSPS) is 10.8. The van der Waals surface area contributed by atoms with Gasteiger partial charge in [0.05, 0.1) is 6.20 Å². The number of anilines is 1. The summed E-state index contributed by atoms with van der Waals surface area (Å²) in [4.78, 5) is 11.7. The van der Waals surface area contributed by atoms with Crippen molar-refractivity contribution in [1.82, 2.24) is 9.78 Å². The van der Waals surface area contributed by atoms with Crippen molar-refractivity contribution in [2.24, 2.45) is 0 Å². The fourth-order valence-corrected chi connectivity index (χ4v) is 1.64. The lowest BCUT2D eigenvalue weighted by Gasteiger charge is -2.04. The first-order chi connectivity index (χ1) is 9.19. The number of carbonyl (C=O) groups excluding carboxylic acids is 1. The van der Waals surface area contributed by atoms with Gasteiger partial charge >= 0.3 is 0 Å². The lowest BCUT2D eigenvalue weighted by molar-refractivity contribution is -0.111. The van der Waals surface area contributed by atoms with E-state index in [4.69, 9.17) is 0 Å². The molecule has 2 aromatic rings. The Hall–Kier alpha value is -2.43. The van der Waals surface area contributed by atoms with E-state index in [1.54, 1.807) is 35.2 Å². The molecule has 1 N–H and O–H groups in total. The molecule has 1 heterocycles. The Kier molecular flexibility index (Phi) is 4.07. The number of amides is 1. The van der Waals surface area contributed by atoms with Gasteiger partial charge in [0.25, 0.3) is 0 Å². The molecule has 0 atom stereocenters. The van der Waals surface area contributed by atoms with Gasteiger partial charge in [-0.2, -0.15) is 5.10 Å². The standard InChI is InChI=1S/C14H14FN3O/c1-2-18-13(8-9-16-18)17-14(19)7-6-11-4-3-5-12(15)10-11/h3-10H,2H2,1H3,(H,17,19)/b7-6+. The van der Waals surface area contributed by atoms with Gasteiger partial charge in [-0.1, -0.05) is 12.1 Å². The van der Waals surface area contributed by atoms with Crippen LogP contribution in [0.5, 0.6) is 0 Å². The lowest BCUT2D eigenvalue weighted by Crippen LogP contribution is -2.12. The molecule has 0 saturated heterocycles. The smallest absolute Gasteiger partial charge is 0.249 e. The second-order valence-corrected chi connectivity index (χ2v) is 3.91. The summed E-state index contributed by atoms with van der Waals surface area (Å²) in [7, 11) is 0. The van der Waals surface area contributed by atoms with E-state index in [1.807, 2.05) is 6.92 Å². The van der Waals surface area contributed by atoms with Gasteiger partial charge in [0.15, 0.2) is 0 Å². The average molecular weight is 259 g/mol. The van der Waals surface area contributed by atoms with Crippen LogP contribution in [0.4, 0.5) is 10.2 Å². The average Bonchev–Trinajstić information content (AvgIpc) is 2.84. The number of nitrogens with zero attached hydrogens (tertiary/aromatic N) is 2. The van der Waals surface area contributed by atoms with Crippen molar-refractivity contribution >= 4 is 17.8 Å². The summed E-state index contributed by atoms with van der Waals surface area (Å²) >= 11 is 0. The van der Waals surface area contributed by atoms with Gasteiger partial charge < -0.3 is 5.32 Å². The van der Waals surface area contributed by atoms with Crippen molar-refractivity contribution in [3.63, 3.8) is 0 Å². The zero-order valence-electron chi connectivity index (χ0n) is 10.5. The molecule has 0 saturated carbocycles. The SMILES string of the molecule is CCn1nccc1NC(=O)/C=C/c1cccc(F)c1. The number of nitrogens with one attached hydrogen (secondary N) is 1. The number of hydrogen-bond acceptors (Lipinski definition) is 2. The maximum absolute atomic E-state index is 12.9. The highest BCUT2D eigenvalue weighted by Crippen LogP contribution is 2.08. The van der Waals surface area contributed by atoms with Crippen LogP contribution in [-0.2, 0) is 11.3 Å². The molecule has 1 aromatic heterocycles. The number of carbonyl (C=O) groups is 1. The van der Waals surface area contributed by atoms with Crippen LogP contribution in [0.25, 0.3) is 6.08 Å². The van der Waals surface area contributed by atoms with Crippen LogP contribution in [0.1, 0.15) is 12.5 Å². The summed E-state index contributed by atoms with van der Waals surface area (Å²) in [5.74, 6) is 0.0301. The largest absolute Gasteiger partial charge is 0.307 e. The molecule has 19 heavy (non-hydrogen) atoms. The van der Waals surface area contributed by atoms with Gasteiger partial charge in [0.1, 0.15) is 11.6 Å². The maximum Gasteiger partial charge on any atom is 0.249 e. The van der Waals surface area contributed by atoms with E-state index in [2.05, 4.69) is 10.4 Å². The third kappa shape index (κ3) is 3.51. The summed E-state index contributed by atoms with van der Waals surface area (Å²) in [5.41, 5.74) is 0.638. The topological polar surface area (TPSA) is 46.9 Å². The molecule has 2 rings (SSSR count). The Morgan fingerprint density at radius 2 is 2.32 bits per heavy atom. The summed E-state index contributed by atoms with van der Waals surface area (Å²) in [6, 6.07) is 7.76. The summed E-state index contributed by atoms with van der Waals surface area (Å²) in [5, 5.41) is 6.75. The van der Waals surface area contributed by atoms with E-state index < -0.39 is 0 Å². The van der Waals surface area contributed by atoms with E-state index in [-0.39, 0.29) is 11.7 Å². The fraction of sp³-hybridized carbons (Fsp3) is 0.143. The maximum atomic E-state index is 12.9. The second kappa shape index (κ2) is 5.95. The molecule has 0 aliphatic heterocycles. The molecule has 0 aliphatic rings.